The maximum Gasteiger partial charge on any atom is 0.137 e. The van der Waals surface area contributed by atoms with Crippen molar-refractivity contribution in [3.63, 3.8) is 0 Å². The summed E-state index contributed by atoms with van der Waals surface area (Å²) in [7, 11) is 2.21. The van der Waals surface area contributed by atoms with Crippen molar-refractivity contribution in [3.05, 3.63) is 0 Å². The van der Waals surface area contributed by atoms with Gasteiger partial charge in [-0.05, 0) is 44.6 Å². The van der Waals surface area contributed by atoms with E-state index < -0.39 is 0 Å². The highest BCUT2D eigenvalue weighted by Gasteiger charge is 2.27. The van der Waals surface area contributed by atoms with Crippen molar-refractivity contribution in [2.75, 3.05) is 20.1 Å². The van der Waals surface area contributed by atoms with Crippen LogP contribution in [0.1, 0.15) is 58.3 Å². The maximum atomic E-state index is 11.9. The fraction of sp³-hybridized carbons (Fsp3) is 0.938. The van der Waals surface area contributed by atoms with Gasteiger partial charge < -0.3 is 4.90 Å². The molecule has 0 saturated heterocycles. The van der Waals surface area contributed by atoms with E-state index in [1.165, 1.54) is 38.6 Å². The molecule has 0 heterocycles. The van der Waals surface area contributed by atoms with E-state index in [0.717, 1.165) is 37.6 Å². The summed E-state index contributed by atoms with van der Waals surface area (Å²) in [5.74, 6) is 2.47. The minimum atomic E-state index is 0.322. The van der Waals surface area contributed by atoms with Gasteiger partial charge in [-0.15, -0.1) is 0 Å². The maximum absolute atomic E-state index is 11.9. The number of hydrogen-bond donors (Lipinski definition) is 0. The molecule has 2 aliphatic rings. The molecule has 2 fully saturated rings. The number of carbonyl (C=O) groups excluding carboxylic acids is 1. The highest BCUT2D eigenvalue weighted by atomic mass is 16.1. The van der Waals surface area contributed by atoms with Crippen LogP contribution in [-0.4, -0.2) is 30.8 Å². The molecule has 104 valence electrons. The SMILES string of the molecule is CC1CCC(=O)C(CN(C)CC2CCCCC2)C1. The Hall–Kier alpha value is -0.370. The van der Waals surface area contributed by atoms with Crippen LogP contribution in [-0.2, 0) is 4.79 Å². The highest BCUT2D eigenvalue weighted by Crippen LogP contribution is 2.28. The number of Topliss-reactive ketones (excluding diaryl/α,β-unsaturated/α-hetero) is 1. The lowest BCUT2D eigenvalue weighted by Gasteiger charge is -2.32. The molecule has 2 nitrogen and oxygen atoms in total. The lowest BCUT2D eigenvalue weighted by atomic mass is 9.81. The van der Waals surface area contributed by atoms with E-state index in [1.54, 1.807) is 0 Å². The van der Waals surface area contributed by atoms with Crippen molar-refractivity contribution < 1.29 is 4.79 Å². The molecular weight excluding hydrogens is 222 g/mol. The van der Waals surface area contributed by atoms with Gasteiger partial charge in [-0.2, -0.15) is 0 Å². The summed E-state index contributed by atoms with van der Waals surface area (Å²) in [4.78, 5) is 14.4. The fourth-order valence-corrected chi connectivity index (χ4v) is 3.77. The van der Waals surface area contributed by atoms with Gasteiger partial charge in [0.1, 0.15) is 5.78 Å². The monoisotopic (exact) mass is 251 g/mol. The molecule has 18 heavy (non-hydrogen) atoms. The average molecular weight is 251 g/mol. The van der Waals surface area contributed by atoms with Crippen LogP contribution in [0.2, 0.25) is 0 Å². The van der Waals surface area contributed by atoms with Crippen molar-refractivity contribution in [1.82, 2.24) is 4.90 Å². The first-order chi connectivity index (χ1) is 8.65. The van der Waals surface area contributed by atoms with E-state index in [0.29, 0.717) is 11.7 Å². The zero-order valence-electron chi connectivity index (χ0n) is 12.2. The summed E-state index contributed by atoms with van der Waals surface area (Å²) in [6, 6.07) is 0. The summed E-state index contributed by atoms with van der Waals surface area (Å²) in [5, 5.41) is 0. The molecule has 0 N–H and O–H groups in total. The zero-order chi connectivity index (χ0) is 13.0. The Morgan fingerprint density at radius 2 is 1.83 bits per heavy atom. The van der Waals surface area contributed by atoms with Crippen LogP contribution in [0.25, 0.3) is 0 Å². The molecule has 2 saturated carbocycles. The van der Waals surface area contributed by atoms with Crippen molar-refractivity contribution in [1.29, 1.82) is 0 Å². The Bertz CT molecular complexity index is 270. The molecule has 2 heteroatoms. The third kappa shape index (κ3) is 4.08. The van der Waals surface area contributed by atoms with Gasteiger partial charge in [0.25, 0.3) is 0 Å². The Kier molecular flexibility index (Phi) is 5.23. The van der Waals surface area contributed by atoms with Gasteiger partial charge >= 0.3 is 0 Å². The summed E-state index contributed by atoms with van der Waals surface area (Å²) in [6.07, 6.45) is 10.1. The summed E-state index contributed by atoms with van der Waals surface area (Å²) in [6.45, 7) is 4.50. The van der Waals surface area contributed by atoms with Crippen LogP contribution in [0, 0.1) is 17.8 Å². The van der Waals surface area contributed by atoms with Gasteiger partial charge in [-0.3, -0.25) is 4.79 Å². The molecule has 0 aliphatic heterocycles. The Morgan fingerprint density at radius 1 is 1.11 bits per heavy atom. The number of ketones is 1. The number of hydrogen-bond acceptors (Lipinski definition) is 2. The van der Waals surface area contributed by atoms with Crippen LogP contribution >= 0.6 is 0 Å². The minimum absolute atomic E-state index is 0.322. The van der Waals surface area contributed by atoms with Crippen molar-refractivity contribution in [2.45, 2.75) is 58.3 Å². The largest absolute Gasteiger partial charge is 0.305 e. The predicted octanol–water partition coefficient (Wildman–Crippen LogP) is 3.50. The molecular formula is C16H29NO. The van der Waals surface area contributed by atoms with Gasteiger partial charge in [-0.25, -0.2) is 0 Å². The van der Waals surface area contributed by atoms with Gasteiger partial charge in [0.2, 0.25) is 0 Å². The van der Waals surface area contributed by atoms with Gasteiger partial charge in [-0.1, -0.05) is 26.2 Å². The molecule has 0 amide bonds. The smallest absolute Gasteiger partial charge is 0.137 e. The van der Waals surface area contributed by atoms with E-state index >= 15 is 0 Å². The average Bonchev–Trinajstić information content (AvgIpc) is 2.35. The van der Waals surface area contributed by atoms with Crippen LogP contribution in [0.3, 0.4) is 0 Å². The molecule has 0 bridgehead atoms. The lowest BCUT2D eigenvalue weighted by Crippen LogP contribution is -2.36. The first kappa shape index (κ1) is 14.0. The Labute approximate surface area is 112 Å². The van der Waals surface area contributed by atoms with Gasteiger partial charge in [0.15, 0.2) is 0 Å². The van der Waals surface area contributed by atoms with Gasteiger partial charge in [0, 0.05) is 25.4 Å². The van der Waals surface area contributed by atoms with Crippen molar-refractivity contribution in [2.24, 2.45) is 17.8 Å². The Morgan fingerprint density at radius 3 is 2.56 bits per heavy atom. The normalized spacial score (nSPS) is 30.9. The van der Waals surface area contributed by atoms with E-state index in [4.69, 9.17) is 0 Å². The quantitative estimate of drug-likeness (QED) is 0.762. The Balaban J connectivity index is 1.75. The standard InChI is InChI=1S/C16H29NO/c1-13-8-9-16(18)15(10-13)12-17(2)11-14-6-4-3-5-7-14/h13-15H,3-12H2,1-2H3. The topological polar surface area (TPSA) is 20.3 Å². The summed E-state index contributed by atoms with van der Waals surface area (Å²) >= 11 is 0. The van der Waals surface area contributed by atoms with Gasteiger partial charge in [0.05, 0.1) is 0 Å². The number of nitrogens with zero attached hydrogens (tertiary/aromatic N) is 1. The number of rotatable bonds is 4. The second-order valence-electron chi connectivity index (χ2n) is 6.77. The molecule has 0 aromatic carbocycles. The zero-order valence-corrected chi connectivity index (χ0v) is 12.2. The van der Waals surface area contributed by atoms with E-state index in [-0.39, 0.29) is 0 Å². The minimum Gasteiger partial charge on any atom is -0.305 e. The molecule has 0 aromatic rings. The van der Waals surface area contributed by atoms with Crippen molar-refractivity contribution in [3.8, 4) is 0 Å². The molecule has 2 atom stereocenters. The number of carbonyl (C=O) groups is 1. The molecule has 2 unspecified atom stereocenters. The van der Waals surface area contributed by atoms with E-state index in [2.05, 4.69) is 18.9 Å². The van der Waals surface area contributed by atoms with E-state index in [1.807, 2.05) is 0 Å². The first-order valence-electron chi connectivity index (χ1n) is 7.86. The van der Waals surface area contributed by atoms with Crippen LogP contribution in [0.4, 0.5) is 0 Å². The second kappa shape index (κ2) is 6.70. The van der Waals surface area contributed by atoms with Crippen LogP contribution in [0.15, 0.2) is 0 Å². The molecule has 0 radical (unpaired) electrons. The van der Waals surface area contributed by atoms with Crippen LogP contribution in [0.5, 0.6) is 0 Å². The highest BCUT2D eigenvalue weighted by molar-refractivity contribution is 5.81. The summed E-state index contributed by atoms with van der Waals surface area (Å²) < 4.78 is 0. The van der Waals surface area contributed by atoms with E-state index in [9.17, 15) is 4.79 Å². The van der Waals surface area contributed by atoms with Crippen LogP contribution < -0.4 is 0 Å². The molecule has 0 spiro atoms. The fourth-order valence-electron chi connectivity index (χ4n) is 3.77. The molecule has 2 rings (SSSR count). The predicted molar refractivity (Wildman–Crippen MR) is 75.6 cm³/mol. The third-order valence-corrected chi connectivity index (χ3v) is 4.85. The molecule has 0 aromatic heterocycles. The summed E-state index contributed by atoms with van der Waals surface area (Å²) in [5.41, 5.74) is 0. The lowest BCUT2D eigenvalue weighted by molar-refractivity contribution is -0.126. The first-order valence-corrected chi connectivity index (χ1v) is 7.86. The third-order valence-electron chi connectivity index (χ3n) is 4.85. The molecule has 2 aliphatic carbocycles. The van der Waals surface area contributed by atoms with Crippen molar-refractivity contribution >= 4 is 5.78 Å². The second-order valence-corrected chi connectivity index (χ2v) is 6.77.